The van der Waals surface area contributed by atoms with Crippen LogP contribution in [0.5, 0.6) is 0 Å². The van der Waals surface area contributed by atoms with Crippen LogP contribution in [0.4, 0.5) is 0 Å². The Morgan fingerprint density at radius 3 is 1.73 bits per heavy atom. The number of aliphatic hydroxyl groups is 1. The molecule has 1 heterocycles. The molecule has 1 aliphatic rings. The minimum absolute atomic E-state index is 0.344. The van der Waals surface area contributed by atoms with Crippen LogP contribution in [0.1, 0.15) is 33.6 Å². The molecule has 1 N–H and O–H groups in total. The molecule has 1 saturated heterocycles. The average Bonchev–Trinajstić information content (AvgIpc) is 2.17. The van der Waals surface area contributed by atoms with E-state index < -0.39 is 24.1 Å². The van der Waals surface area contributed by atoms with Crippen molar-refractivity contribution in [2.24, 2.45) is 0 Å². The SMILES string of the molecule is CC1OC(=O)C(C)OC1=O.CCCCO. The molecule has 0 spiro atoms. The largest absolute Gasteiger partial charge is 0.448 e. The molecule has 1 rings (SSSR count). The maximum absolute atomic E-state index is 10.7. The van der Waals surface area contributed by atoms with Crippen molar-refractivity contribution in [3.63, 3.8) is 0 Å². The number of rotatable bonds is 2. The molecule has 2 atom stereocenters. The van der Waals surface area contributed by atoms with Crippen molar-refractivity contribution in [3.05, 3.63) is 0 Å². The van der Waals surface area contributed by atoms with E-state index in [-0.39, 0.29) is 0 Å². The Hall–Kier alpha value is -1.10. The average molecular weight is 218 g/mol. The van der Waals surface area contributed by atoms with Crippen LogP contribution in [0.25, 0.3) is 0 Å². The second-order valence-corrected chi connectivity index (χ2v) is 3.24. The minimum Gasteiger partial charge on any atom is -0.448 e. The summed E-state index contributed by atoms with van der Waals surface area (Å²) < 4.78 is 9.19. The fourth-order valence-corrected chi connectivity index (χ4v) is 0.794. The van der Waals surface area contributed by atoms with E-state index in [1.54, 1.807) is 0 Å². The number of cyclic esters (lactones) is 2. The second kappa shape index (κ2) is 7.23. The fraction of sp³-hybridized carbons (Fsp3) is 0.800. The van der Waals surface area contributed by atoms with Gasteiger partial charge in [0.2, 0.25) is 0 Å². The molecule has 2 unspecified atom stereocenters. The number of esters is 2. The molecule has 0 aromatic carbocycles. The zero-order valence-electron chi connectivity index (χ0n) is 9.36. The third-order valence-electron chi connectivity index (χ3n) is 1.76. The summed E-state index contributed by atoms with van der Waals surface area (Å²) in [6, 6.07) is 0. The molecular formula is C10H18O5. The summed E-state index contributed by atoms with van der Waals surface area (Å²) in [5.74, 6) is -0.959. The number of unbranched alkanes of at least 4 members (excludes halogenated alkanes) is 1. The van der Waals surface area contributed by atoms with Crippen molar-refractivity contribution in [2.45, 2.75) is 45.8 Å². The van der Waals surface area contributed by atoms with Gasteiger partial charge in [0.05, 0.1) is 0 Å². The van der Waals surface area contributed by atoms with E-state index in [2.05, 4.69) is 16.4 Å². The number of hydrogen-bond donors (Lipinski definition) is 1. The highest BCUT2D eigenvalue weighted by atomic mass is 16.6. The number of aliphatic hydroxyl groups excluding tert-OH is 1. The van der Waals surface area contributed by atoms with E-state index in [0.29, 0.717) is 6.61 Å². The third kappa shape index (κ3) is 5.37. The Labute approximate surface area is 89.4 Å². The van der Waals surface area contributed by atoms with Crippen LogP contribution in [0.15, 0.2) is 0 Å². The van der Waals surface area contributed by atoms with Crippen LogP contribution in [-0.4, -0.2) is 35.9 Å². The van der Waals surface area contributed by atoms with Gasteiger partial charge in [0, 0.05) is 6.61 Å². The van der Waals surface area contributed by atoms with E-state index in [9.17, 15) is 9.59 Å². The first-order valence-electron chi connectivity index (χ1n) is 5.04. The molecule has 0 aliphatic carbocycles. The molecule has 5 heteroatoms. The van der Waals surface area contributed by atoms with Crippen molar-refractivity contribution >= 4 is 11.9 Å². The first kappa shape index (κ1) is 13.9. The highest BCUT2D eigenvalue weighted by Crippen LogP contribution is 2.08. The lowest BCUT2D eigenvalue weighted by Crippen LogP contribution is -2.40. The fourth-order valence-electron chi connectivity index (χ4n) is 0.794. The van der Waals surface area contributed by atoms with Gasteiger partial charge in [-0.3, -0.25) is 0 Å². The Morgan fingerprint density at radius 2 is 1.53 bits per heavy atom. The van der Waals surface area contributed by atoms with E-state index in [0.717, 1.165) is 12.8 Å². The number of carbonyl (C=O) groups is 2. The van der Waals surface area contributed by atoms with Crippen molar-refractivity contribution in [2.75, 3.05) is 6.61 Å². The van der Waals surface area contributed by atoms with Crippen LogP contribution in [0, 0.1) is 0 Å². The zero-order chi connectivity index (χ0) is 11.8. The molecule has 15 heavy (non-hydrogen) atoms. The molecule has 0 saturated carbocycles. The van der Waals surface area contributed by atoms with Crippen LogP contribution >= 0.6 is 0 Å². The molecule has 0 radical (unpaired) electrons. The number of carbonyl (C=O) groups excluding carboxylic acids is 2. The maximum Gasteiger partial charge on any atom is 0.347 e. The van der Waals surface area contributed by atoms with Crippen molar-refractivity contribution in [1.82, 2.24) is 0 Å². The molecular weight excluding hydrogens is 200 g/mol. The molecule has 0 aromatic rings. The molecule has 0 bridgehead atoms. The topological polar surface area (TPSA) is 72.8 Å². The van der Waals surface area contributed by atoms with E-state index in [1.807, 2.05) is 0 Å². The van der Waals surface area contributed by atoms with Gasteiger partial charge < -0.3 is 14.6 Å². The summed E-state index contributed by atoms with van der Waals surface area (Å²) in [7, 11) is 0. The van der Waals surface area contributed by atoms with Gasteiger partial charge in [-0.25, -0.2) is 9.59 Å². The van der Waals surface area contributed by atoms with Crippen molar-refractivity contribution in [3.8, 4) is 0 Å². The first-order chi connectivity index (χ1) is 7.02. The second-order valence-electron chi connectivity index (χ2n) is 3.24. The first-order valence-corrected chi connectivity index (χ1v) is 5.04. The quantitative estimate of drug-likeness (QED) is 0.689. The third-order valence-corrected chi connectivity index (χ3v) is 1.76. The van der Waals surface area contributed by atoms with Gasteiger partial charge in [-0.05, 0) is 20.3 Å². The maximum atomic E-state index is 10.7. The van der Waals surface area contributed by atoms with Crippen molar-refractivity contribution in [1.29, 1.82) is 0 Å². The van der Waals surface area contributed by atoms with Gasteiger partial charge in [-0.2, -0.15) is 0 Å². The predicted molar refractivity (Wildman–Crippen MR) is 53.1 cm³/mol. The van der Waals surface area contributed by atoms with Crippen LogP contribution in [0.2, 0.25) is 0 Å². The number of ether oxygens (including phenoxy) is 2. The normalized spacial score (nSPS) is 24.8. The summed E-state index contributed by atoms with van der Waals surface area (Å²) in [6.07, 6.45) is 0.545. The monoisotopic (exact) mass is 218 g/mol. The summed E-state index contributed by atoms with van der Waals surface area (Å²) in [4.78, 5) is 21.3. The van der Waals surface area contributed by atoms with Gasteiger partial charge in [0.25, 0.3) is 0 Å². The van der Waals surface area contributed by atoms with Gasteiger partial charge in [-0.1, -0.05) is 13.3 Å². The molecule has 0 aromatic heterocycles. The number of hydrogen-bond acceptors (Lipinski definition) is 5. The zero-order valence-corrected chi connectivity index (χ0v) is 9.36. The highest BCUT2D eigenvalue weighted by Gasteiger charge is 2.32. The Balaban J connectivity index is 0.000000336. The predicted octanol–water partition coefficient (Wildman–Crippen LogP) is 0.642. The summed E-state index contributed by atoms with van der Waals surface area (Å²) >= 11 is 0. The summed E-state index contributed by atoms with van der Waals surface area (Å²) in [5, 5.41) is 8.07. The standard InChI is InChI=1S/C6H8O4.C4H10O/c1-3-5(7)10-4(2)6(8)9-3;1-2-3-4-5/h3-4H,1-2H3;5H,2-4H2,1H3. The van der Waals surface area contributed by atoms with E-state index >= 15 is 0 Å². The van der Waals surface area contributed by atoms with Gasteiger partial charge in [-0.15, -0.1) is 0 Å². The van der Waals surface area contributed by atoms with Crippen LogP contribution < -0.4 is 0 Å². The highest BCUT2D eigenvalue weighted by molar-refractivity contribution is 5.86. The smallest absolute Gasteiger partial charge is 0.347 e. The summed E-state index contributed by atoms with van der Waals surface area (Å²) in [6.45, 7) is 5.35. The minimum atomic E-state index is -0.747. The molecule has 1 aliphatic heterocycles. The van der Waals surface area contributed by atoms with E-state index in [1.165, 1.54) is 13.8 Å². The van der Waals surface area contributed by atoms with E-state index in [4.69, 9.17) is 5.11 Å². The summed E-state index contributed by atoms with van der Waals surface area (Å²) in [5.41, 5.74) is 0. The van der Waals surface area contributed by atoms with Gasteiger partial charge in [0.15, 0.2) is 12.2 Å². The van der Waals surface area contributed by atoms with Crippen molar-refractivity contribution < 1.29 is 24.2 Å². The molecule has 0 amide bonds. The van der Waals surface area contributed by atoms with Gasteiger partial charge in [0.1, 0.15) is 0 Å². The Morgan fingerprint density at radius 1 is 1.13 bits per heavy atom. The van der Waals surface area contributed by atoms with Crippen LogP contribution in [-0.2, 0) is 19.1 Å². The lowest BCUT2D eigenvalue weighted by atomic mass is 10.3. The van der Waals surface area contributed by atoms with Gasteiger partial charge >= 0.3 is 11.9 Å². The lowest BCUT2D eigenvalue weighted by Gasteiger charge is -2.22. The lowest BCUT2D eigenvalue weighted by molar-refractivity contribution is -0.191. The Kier molecular flexibility index (Phi) is 6.70. The molecule has 1 fully saturated rings. The Bertz CT molecular complexity index is 192. The molecule has 5 nitrogen and oxygen atoms in total. The van der Waals surface area contributed by atoms with Crippen LogP contribution in [0.3, 0.4) is 0 Å². The molecule has 88 valence electrons.